The summed E-state index contributed by atoms with van der Waals surface area (Å²) in [6.07, 6.45) is 3.99. The van der Waals surface area contributed by atoms with Crippen molar-refractivity contribution in [2.24, 2.45) is 0 Å². The van der Waals surface area contributed by atoms with E-state index in [4.69, 9.17) is 4.74 Å². The number of carboxylic acid groups (broad SMARTS) is 1. The van der Waals surface area contributed by atoms with Crippen LogP contribution < -0.4 is 10.6 Å². The summed E-state index contributed by atoms with van der Waals surface area (Å²) in [7, 11) is 0. The molecule has 3 N–H and O–H groups in total. The third kappa shape index (κ3) is 4.45. The van der Waals surface area contributed by atoms with Gasteiger partial charge in [0, 0.05) is 5.92 Å². The molecule has 7 nitrogen and oxygen atoms in total. The second kappa shape index (κ2) is 9.04. The molecule has 0 saturated carbocycles. The van der Waals surface area contributed by atoms with Gasteiger partial charge in [-0.3, -0.25) is 4.79 Å². The molecule has 31 heavy (non-hydrogen) atoms. The predicted octanol–water partition coefficient (Wildman–Crippen LogP) is 3.20. The predicted molar refractivity (Wildman–Crippen MR) is 115 cm³/mol. The molecule has 2 amide bonds. The summed E-state index contributed by atoms with van der Waals surface area (Å²) in [6, 6.07) is 14.2. The number of hydrogen-bond acceptors (Lipinski definition) is 4. The molecule has 0 saturated heterocycles. The zero-order chi connectivity index (χ0) is 21.8. The van der Waals surface area contributed by atoms with Crippen LogP contribution in [-0.4, -0.2) is 41.8 Å². The van der Waals surface area contributed by atoms with E-state index in [0.717, 1.165) is 22.3 Å². The van der Waals surface area contributed by atoms with Crippen molar-refractivity contribution < 1.29 is 24.2 Å². The van der Waals surface area contributed by atoms with E-state index in [1.807, 2.05) is 42.5 Å². The van der Waals surface area contributed by atoms with Crippen LogP contribution in [0.15, 0.2) is 60.7 Å². The highest BCUT2D eigenvalue weighted by atomic mass is 16.5. The Hall–Kier alpha value is -3.61. The van der Waals surface area contributed by atoms with Gasteiger partial charge in [-0.15, -0.1) is 0 Å². The first-order valence-electron chi connectivity index (χ1n) is 10.3. The molecule has 0 bridgehead atoms. The summed E-state index contributed by atoms with van der Waals surface area (Å²) in [5.74, 6) is -1.71. The van der Waals surface area contributed by atoms with E-state index in [0.29, 0.717) is 12.8 Å². The molecule has 160 valence electrons. The maximum absolute atomic E-state index is 12.5. The van der Waals surface area contributed by atoms with Crippen LogP contribution in [0.2, 0.25) is 0 Å². The van der Waals surface area contributed by atoms with E-state index in [1.54, 1.807) is 6.08 Å². The Morgan fingerprint density at radius 1 is 1.03 bits per heavy atom. The summed E-state index contributed by atoms with van der Waals surface area (Å²) >= 11 is 0. The zero-order valence-electron chi connectivity index (χ0n) is 16.9. The van der Waals surface area contributed by atoms with Crippen molar-refractivity contribution in [1.29, 1.82) is 0 Å². The Morgan fingerprint density at radius 2 is 1.68 bits per heavy atom. The maximum atomic E-state index is 12.5. The summed E-state index contributed by atoms with van der Waals surface area (Å²) in [5, 5.41) is 14.3. The van der Waals surface area contributed by atoms with E-state index in [1.165, 1.54) is 0 Å². The highest BCUT2D eigenvalue weighted by Crippen LogP contribution is 2.44. The van der Waals surface area contributed by atoms with Gasteiger partial charge in [-0.25, -0.2) is 9.59 Å². The van der Waals surface area contributed by atoms with Gasteiger partial charge in [0.15, 0.2) is 0 Å². The molecular formula is C24H24N2O5. The number of benzene rings is 2. The molecule has 1 aliphatic carbocycles. The van der Waals surface area contributed by atoms with Gasteiger partial charge >= 0.3 is 12.1 Å². The van der Waals surface area contributed by atoms with Crippen LogP contribution in [0, 0.1) is 0 Å². The van der Waals surface area contributed by atoms with E-state index < -0.39 is 30.1 Å². The number of carbonyl (C=O) groups is 3. The monoisotopic (exact) mass is 420 g/mol. The summed E-state index contributed by atoms with van der Waals surface area (Å²) < 4.78 is 5.50. The number of carboxylic acids is 1. The summed E-state index contributed by atoms with van der Waals surface area (Å²) in [6.45, 7) is 0.141. The molecule has 7 heteroatoms. The lowest BCUT2D eigenvalue weighted by atomic mass is 9.98. The number of aliphatic carboxylic acids is 1. The first kappa shape index (κ1) is 20.7. The van der Waals surface area contributed by atoms with Crippen LogP contribution in [0.1, 0.15) is 36.3 Å². The minimum atomic E-state index is -1.09. The van der Waals surface area contributed by atoms with E-state index in [9.17, 15) is 19.5 Å². The number of nitrogens with one attached hydrogen (secondary N) is 2. The van der Waals surface area contributed by atoms with E-state index in [-0.39, 0.29) is 18.9 Å². The van der Waals surface area contributed by atoms with Crippen LogP contribution in [0.5, 0.6) is 0 Å². The number of fused-ring (bicyclic) bond motifs is 3. The van der Waals surface area contributed by atoms with Crippen molar-refractivity contribution in [2.75, 3.05) is 6.61 Å². The van der Waals surface area contributed by atoms with Crippen molar-refractivity contribution in [3.05, 3.63) is 71.8 Å². The van der Waals surface area contributed by atoms with Crippen molar-refractivity contribution in [3.63, 3.8) is 0 Å². The number of allylic oxidation sites excluding steroid dienone is 1. The van der Waals surface area contributed by atoms with E-state index >= 15 is 0 Å². The second-order valence-corrected chi connectivity index (χ2v) is 7.71. The molecule has 2 aromatic carbocycles. The standard InChI is InChI=1S/C24H24N2O5/c27-22-20(12-2-1-3-13-21(25-22)23(28)29)26-24(30)31-14-19-17-10-6-4-8-15(17)16-9-5-7-11-18(16)19/h1-2,4-11,19-21H,3,12-14H2,(H,25,27)(H,26,30)(H,28,29)/b2-1+/t20-,21-/m0/s1. The fraction of sp³-hybridized carbons (Fsp3) is 0.292. The second-order valence-electron chi connectivity index (χ2n) is 7.71. The number of hydrogen-bond donors (Lipinski definition) is 3. The number of rotatable bonds is 4. The SMILES string of the molecule is O=C(N[C@H]1C/C=C/CC[C@@H](C(=O)O)NC1=O)OCC1c2ccccc2-c2ccccc21. The molecule has 1 aliphatic heterocycles. The molecule has 2 atom stereocenters. The van der Waals surface area contributed by atoms with Gasteiger partial charge in [-0.2, -0.15) is 0 Å². The molecule has 4 rings (SSSR count). The average Bonchev–Trinajstić information content (AvgIpc) is 3.12. The Morgan fingerprint density at radius 3 is 2.32 bits per heavy atom. The largest absolute Gasteiger partial charge is 0.480 e. The molecular weight excluding hydrogens is 396 g/mol. The van der Waals surface area contributed by atoms with Crippen LogP contribution >= 0.6 is 0 Å². The number of carbonyl (C=O) groups excluding carboxylic acids is 2. The van der Waals surface area contributed by atoms with Crippen LogP contribution in [-0.2, 0) is 14.3 Å². The number of ether oxygens (including phenoxy) is 1. The molecule has 2 aliphatic rings. The summed E-state index contributed by atoms with van der Waals surface area (Å²) in [4.78, 5) is 36.3. The van der Waals surface area contributed by atoms with Crippen LogP contribution in [0.4, 0.5) is 4.79 Å². The molecule has 0 unspecified atom stereocenters. The minimum absolute atomic E-state index is 0.0798. The highest BCUT2D eigenvalue weighted by molar-refractivity contribution is 5.89. The third-order valence-corrected chi connectivity index (χ3v) is 5.73. The summed E-state index contributed by atoms with van der Waals surface area (Å²) in [5.41, 5.74) is 4.47. The molecule has 0 aromatic heterocycles. The lowest BCUT2D eigenvalue weighted by Crippen LogP contribution is -2.51. The zero-order valence-corrected chi connectivity index (χ0v) is 16.9. The Kier molecular flexibility index (Phi) is 6.02. The topological polar surface area (TPSA) is 105 Å². The Bertz CT molecular complexity index is 987. The van der Waals surface area contributed by atoms with Crippen LogP contribution in [0.25, 0.3) is 11.1 Å². The fourth-order valence-corrected chi connectivity index (χ4v) is 4.16. The highest BCUT2D eigenvalue weighted by Gasteiger charge is 2.30. The quantitative estimate of drug-likeness (QED) is 0.659. The molecule has 2 aromatic rings. The normalized spacial score (nSPS) is 21.5. The average molecular weight is 420 g/mol. The van der Waals surface area contributed by atoms with Gasteiger partial charge in [0.25, 0.3) is 0 Å². The molecule has 0 fully saturated rings. The molecule has 1 heterocycles. The maximum Gasteiger partial charge on any atom is 0.407 e. The van der Waals surface area contributed by atoms with Crippen molar-refractivity contribution in [1.82, 2.24) is 10.6 Å². The van der Waals surface area contributed by atoms with Gasteiger partial charge in [0.2, 0.25) is 5.91 Å². The third-order valence-electron chi connectivity index (χ3n) is 5.73. The number of alkyl carbamates (subject to hydrolysis) is 1. The van der Waals surface area contributed by atoms with Gasteiger partial charge < -0.3 is 20.5 Å². The first-order valence-corrected chi connectivity index (χ1v) is 10.3. The fourth-order valence-electron chi connectivity index (χ4n) is 4.16. The van der Waals surface area contributed by atoms with E-state index in [2.05, 4.69) is 22.8 Å². The number of amides is 2. The van der Waals surface area contributed by atoms with Gasteiger partial charge in [0.05, 0.1) is 0 Å². The van der Waals surface area contributed by atoms with Gasteiger partial charge in [-0.05, 0) is 41.5 Å². The smallest absolute Gasteiger partial charge is 0.407 e. The van der Waals surface area contributed by atoms with Crippen molar-refractivity contribution >= 4 is 18.0 Å². The minimum Gasteiger partial charge on any atom is -0.480 e. The van der Waals surface area contributed by atoms with Gasteiger partial charge in [-0.1, -0.05) is 60.7 Å². The van der Waals surface area contributed by atoms with Crippen LogP contribution in [0.3, 0.4) is 0 Å². The van der Waals surface area contributed by atoms with Gasteiger partial charge in [0.1, 0.15) is 18.7 Å². The molecule has 0 radical (unpaired) electrons. The first-order chi connectivity index (χ1) is 15.0. The Balaban J connectivity index is 1.42. The molecule has 0 spiro atoms. The van der Waals surface area contributed by atoms with Crippen molar-refractivity contribution in [3.8, 4) is 11.1 Å². The Labute approximate surface area is 180 Å². The lowest BCUT2D eigenvalue weighted by molar-refractivity contribution is -0.142. The lowest BCUT2D eigenvalue weighted by Gasteiger charge is -2.20. The van der Waals surface area contributed by atoms with Crippen molar-refractivity contribution in [2.45, 2.75) is 37.3 Å².